The Morgan fingerprint density at radius 3 is 3.00 bits per heavy atom. The van der Waals surface area contributed by atoms with Gasteiger partial charge in [0.05, 0.1) is 12.7 Å². The van der Waals surface area contributed by atoms with Gasteiger partial charge < -0.3 is 9.84 Å². The monoisotopic (exact) mass is 219 g/mol. The molecule has 1 aromatic rings. The average molecular weight is 219 g/mol. The van der Waals surface area contributed by atoms with Gasteiger partial charge in [0.25, 0.3) is 0 Å². The van der Waals surface area contributed by atoms with E-state index in [2.05, 4.69) is 10.2 Å². The van der Waals surface area contributed by atoms with Gasteiger partial charge in [-0.1, -0.05) is 11.8 Å². The zero-order valence-corrected chi connectivity index (χ0v) is 8.87. The lowest BCUT2D eigenvalue weighted by Gasteiger charge is -2.07. The number of aromatic amines is 1. The summed E-state index contributed by atoms with van der Waals surface area (Å²) < 4.78 is 6.16. The first-order valence-corrected chi connectivity index (χ1v) is 5.05. The predicted molar refractivity (Wildman–Crippen MR) is 52.4 cm³/mol. The van der Waals surface area contributed by atoms with Crippen molar-refractivity contribution in [2.24, 2.45) is 7.05 Å². The van der Waals surface area contributed by atoms with Crippen molar-refractivity contribution in [3.63, 3.8) is 0 Å². The number of aliphatic hydroxyl groups is 1. The van der Waals surface area contributed by atoms with Crippen LogP contribution >= 0.6 is 11.8 Å². The maximum absolute atomic E-state index is 11.0. The van der Waals surface area contributed by atoms with E-state index < -0.39 is 6.10 Å². The molecule has 80 valence electrons. The van der Waals surface area contributed by atoms with E-state index in [1.54, 1.807) is 7.05 Å². The molecule has 14 heavy (non-hydrogen) atoms. The van der Waals surface area contributed by atoms with E-state index in [0.29, 0.717) is 10.9 Å². The fourth-order valence-electron chi connectivity index (χ4n) is 0.873. The molecule has 1 unspecified atom stereocenters. The molecule has 0 spiro atoms. The minimum atomic E-state index is -0.545. The number of aliphatic hydroxyl groups excluding tert-OH is 1. The number of H-pyrrole nitrogens is 1. The van der Waals surface area contributed by atoms with E-state index in [0.717, 1.165) is 0 Å². The van der Waals surface area contributed by atoms with E-state index >= 15 is 0 Å². The van der Waals surface area contributed by atoms with Crippen molar-refractivity contribution < 1.29 is 9.84 Å². The van der Waals surface area contributed by atoms with Gasteiger partial charge in [0, 0.05) is 19.9 Å². The molecular weight excluding hydrogens is 206 g/mol. The van der Waals surface area contributed by atoms with E-state index in [1.165, 1.54) is 23.4 Å². The Balaban J connectivity index is 2.45. The molecule has 0 bridgehead atoms. The third-order valence-electron chi connectivity index (χ3n) is 1.60. The van der Waals surface area contributed by atoms with Crippen molar-refractivity contribution in [2.45, 2.75) is 11.3 Å². The highest BCUT2D eigenvalue weighted by atomic mass is 32.2. The van der Waals surface area contributed by atoms with Gasteiger partial charge in [-0.15, -0.1) is 5.10 Å². The van der Waals surface area contributed by atoms with Crippen molar-refractivity contribution >= 4 is 11.8 Å². The molecule has 2 N–H and O–H groups in total. The summed E-state index contributed by atoms with van der Waals surface area (Å²) in [5.41, 5.74) is -0.256. The summed E-state index contributed by atoms with van der Waals surface area (Å²) in [5, 5.41) is 16.0. The Morgan fingerprint density at radius 2 is 2.50 bits per heavy atom. The number of ether oxygens (including phenoxy) is 1. The van der Waals surface area contributed by atoms with Crippen LogP contribution in [0.1, 0.15) is 0 Å². The molecular formula is C7H13N3O3S. The summed E-state index contributed by atoms with van der Waals surface area (Å²) in [7, 11) is 3.15. The SMILES string of the molecule is COCC(O)CSc1n[nH]c(=O)n1C. The lowest BCUT2D eigenvalue weighted by Crippen LogP contribution is -2.18. The molecule has 0 saturated heterocycles. The highest BCUT2D eigenvalue weighted by molar-refractivity contribution is 7.99. The van der Waals surface area contributed by atoms with Crippen molar-refractivity contribution in [1.82, 2.24) is 14.8 Å². The standard InChI is InChI=1S/C7H13N3O3S/c1-10-6(12)8-9-7(10)14-4-5(11)3-13-2/h5,11H,3-4H2,1-2H3,(H,8,12). The Bertz CT molecular complexity index is 335. The maximum Gasteiger partial charge on any atom is 0.343 e. The van der Waals surface area contributed by atoms with Crippen LogP contribution in [0.5, 0.6) is 0 Å². The van der Waals surface area contributed by atoms with Crippen LogP contribution in [-0.2, 0) is 11.8 Å². The van der Waals surface area contributed by atoms with Crippen molar-refractivity contribution in [1.29, 1.82) is 0 Å². The molecule has 0 aliphatic heterocycles. The van der Waals surface area contributed by atoms with Crippen molar-refractivity contribution in [3.05, 3.63) is 10.5 Å². The topological polar surface area (TPSA) is 80.1 Å². The number of nitrogens with one attached hydrogen (secondary N) is 1. The molecule has 0 aliphatic rings. The lowest BCUT2D eigenvalue weighted by molar-refractivity contribution is 0.0793. The number of aromatic nitrogens is 3. The van der Waals surface area contributed by atoms with Gasteiger partial charge in [-0.05, 0) is 0 Å². The van der Waals surface area contributed by atoms with Gasteiger partial charge in [0.1, 0.15) is 0 Å². The van der Waals surface area contributed by atoms with Crippen LogP contribution in [0.4, 0.5) is 0 Å². The smallest absolute Gasteiger partial charge is 0.343 e. The van der Waals surface area contributed by atoms with Crippen LogP contribution in [0.15, 0.2) is 9.95 Å². The molecule has 0 radical (unpaired) electrons. The van der Waals surface area contributed by atoms with Gasteiger partial charge in [0.2, 0.25) is 0 Å². The Morgan fingerprint density at radius 1 is 1.79 bits per heavy atom. The summed E-state index contributed by atoms with van der Waals surface area (Å²) in [6.07, 6.45) is -0.545. The summed E-state index contributed by atoms with van der Waals surface area (Å²) >= 11 is 1.31. The Labute approximate surface area is 85.3 Å². The zero-order valence-electron chi connectivity index (χ0n) is 8.06. The number of thioether (sulfide) groups is 1. The van der Waals surface area contributed by atoms with Gasteiger partial charge in [-0.25, -0.2) is 9.89 Å². The Kier molecular flexibility index (Phi) is 4.18. The number of methoxy groups -OCH3 is 1. The minimum absolute atomic E-state index is 0.256. The van der Waals surface area contributed by atoms with E-state index in [9.17, 15) is 9.90 Å². The molecule has 0 aliphatic carbocycles. The summed E-state index contributed by atoms with van der Waals surface area (Å²) in [4.78, 5) is 11.0. The molecule has 0 aromatic carbocycles. The molecule has 1 aromatic heterocycles. The summed E-state index contributed by atoms with van der Waals surface area (Å²) in [6, 6.07) is 0. The van der Waals surface area contributed by atoms with Crippen LogP contribution in [0, 0.1) is 0 Å². The van der Waals surface area contributed by atoms with Crippen molar-refractivity contribution in [2.75, 3.05) is 19.5 Å². The van der Waals surface area contributed by atoms with E-state index in [1.807, 2.05) is 0 Å². The second-order valence-electron chi connectivity index (χ2n) is 2.79. The average Bonchev–Trinajstić information content (AvgIpc) is 2.46. The zero-order chi connectivity index (χ0) is 10.6. The molecule has 1 atom stereocenters. The fraction of sp³-hybridized carbons (Fsp3) is 0.714. The van der Waals surface area contributed by atoms with Crippen LogP contribution in [0.2, 0.25) is 0 Å². The summed E-state index contributed by atoms with van der Waals surface area (Å²) in [6.45, 7) is 0.283. The van der Waals surface area contributed by atoms with Crippen LogP contribution in [0.3, 0.4) is 0 Å². The first-order chi connectivity index (χ1) is 6.65. The lowest BCUT2D eigenvalue weighted by atomic mass is 10.4. The third-order valence-corrected chi connectivity index (χ3v) is 2.78. The number of hydrogen-bond donors (Lipinski definition) is 2. The number of rotatable bonds is 5. The quantitative estimate of drug-likeness (QED) is 0.634. The molecule has 1 rings (SSSR count). The van der Waals surface area contributed by atoms with Crippen molar-refractivity contribution in [3.8, 4) is 0 Å². The molecule has 7 heteroatoms. The van der Waals surface area contributed by atoms with Gasteiger partial charge in [-0.2, -0.15) is 0 Å². The van der Waals surface area contributed by atoms with Crippen LogP contribution in [-0.4, -0.2) is 45.4 Å². The van der Waals surface area contributed by atoms with Crippen LogP contribution in [0.25, 0.3) is 0 Å². The minimum Gasteiger partial charge on any atom is -0.390 e. The third kappa shape index (κ3) is 2.86. The largest absolute Gasteiger partial charge is 0.390 e. The number of hydrogen-bond acceptors (Lipinski definition) is 5. The van der Waals surface area contributed by atoms with Gasteiger partial charge in [-0.3, -0.25) is 4.57 Å². The molecule has 0 fully saturated rings. The Hall–Kier alpha value is -0.790. The molecule has 0 amide bonds. The number of nitrogens with zero attached hydrogens (tertiary/aromatic N) is 2. The first kappa shape index (κ1) is 11.3. The molecule has 0 saturated carbocycles. The summed E-state index contributed by atoms with van der Waals surface area (Å²) in [5.74, 6) is 0.450. The van der Waals surface area contributed by atoms with Gasteiger partial charge >= 0.3 is 5.69 Å². The molecule has 6 nitrogen and oxygen atoms in total. The highest BCUT2D eigenvalue weighted by Crippen LogP contribution is 2.12. The predicted octanol–water partition coefficient (Wildman–Crippen LogP) is -0.792. The fourth-order valence-corrected chi connectivity index (χ4v) is 1.70. The second-order valence-corrected chi connectivity index (χ2v) is 3.78. The van der Waals surface area contributed by atoms with E-state index in [-0.39, 0.29) is 12.3 Å². The van der Waals surface area contributed by atoms with E-state index in [4.69, 9.17) is 4.74 Å². The molecule has 1 heterocycles. The second kappa shape index (κ2) is 5.18. The van der Waals surface area contributed by atoms with Crippen LogP contribution < -0.4 is 5.69 Å². The van der Waals surface area contributed by atoms with Gasteiger partial charge in [0.15, 0.2) is 5.16 Å². The highest BCUT2D eigenvalue weighted by Gasteiger charge is 2.08. The maximum atomic E-state index is 11.0. The normalized spacial score (nSPS) is 13.1. The first-order valence-electron chi connectivity index (χ1n) is 4.06.